The van der Waals surface area contributed by atoms with Gasteiger partial charge in [-0.25, -0.2) is 4.31 Å². The zero-order valence-corrected chi connectivity index (χ0v) is 22.3. The van der Waals surface area contributed by atoms with Crippen molar-refractivity contribution >= 4 is 27.8 Å². The Hall–Kier alpha value is -2.76. The average molecular weight is 517 g/mol. The summed E-state index contributed by atoms with van der Waals surface area (Å²) in [6.07, 6.45) is 1.63. The second-order valence-electron chi connectivity index (χ2n) is 10.6. The van der Waals surface area contributed by atoms with Crippen LogP contribution in [-0.4, -0.2) is 58.3 Å². The summed E-state index contributed by atoms with van der Waals surface area (Å²) in [5.41, 5.74) is 8.36. The molecule has 0 bridgehead atoms. The van der Waals surface area contributed by atoms with E-state index in [-0.39, 0.29) is 18.9 Å². The summed E-state index contributed by atoms with van der Waals surface area (Å²) in [7, 11) is -3.85. The van der Waals surface area contributed by atoms with Gasteiger partial charge in [-0.2, -0.15) is 22.5 Å². The molecule has 0 radical (unpaired) electrons. The molecule has 1 aromatic heterocycles. The van der Waals surface area contributed by atoms with Crippen LogP contribution >= 0.6 is 0 Å². The molecule has 3 heterocycles. The molecule has 2 fully saturated rings. The molecule has 2 aliphatic heterocycles. The van der Waals surface area contributed by atoms with Crippen molar-refractivity contribution in [2.45, 2.75) is 66.0 Å². The second-order valence-corrected chi connectivity index (χ2v) is 12.5. The van der Waals surface area contributed by atoms with Gasteiger partial charge in [-0.15, -0.1) is 0 Å². The van der Waals surface area contributed by atoms with Gasteiger partial charge in [0.2, 0.25) is 5.91 Å². The quantitative estimate of drug-likeness (QED) is 0.578. The molecule has 1 aromatic carbocycles. The number of carbonyl (C=O) groups is 2. The van der Waals surface area contributed by atoms with Gasteiger partial charge in [0.05, 0.1) is 5.69 Å². The standard InChI is InChI=1S/C25H36N6O4S/c1-17-22(20-13-21(32)30(16-20)36(34,35)29-11-5-6-12-29)28-31(24(33)25(2,3)4)23(17)27-15-19-9-7-18(14-26)8-10-19/h7-10,20,27H,5-6,11-16,26H2,1-4H3. The number of carbonyl (C=O) groups excluding carboxylic acids is 2. The van der Waals surface area contributed by atoms with Crippen LogP contribution < -0.4 is 11.1 Å². The number of hydrogen-bond donors (Lipinski definition) is 2. The van der Waals surface area contributed by atoms with Gasteiger partial charge in [-0.05, 0) is 30.9 Å². The van der Waals surface area contributed by atoms with E-state index in [4.69, 9.17) is 5.73 Å². The van der Waals surface area contributed by atoms with Gasteiger partial charge in [0.1, 0.15) is 5.82 Å². The second kappa shape index (κ2) is 9.95. The molecule has 1 amide bonds. The van der Waals surface area contributed by atoms with Crippen LogP contribution in [0.25, 0.3) is 0 Å². The summed E-state index contributed by atoms with van der Waals surface area (Å²) in [6, 6.07) is 7.89. The van der Waals surface area contributed by atoms with E-state index >= 15 is 0 Å². The van der Waals surface area contributed by atoms with Crippen LogP contribution in [0.4, 0.5) is 5.82 Å². The van der Waals surface area contributed by atoms with E-state index in [1.165, 1.54) is 8.99 Å². The molecular weight excluding hydrogens is 480 g/mol. The molecule has 0 saturated carbocycles. The van der Waals surface area contributed by atoms with Crippen LogP contribution in [0, 0.1) is 12.3 Å². The van der Waals surface area contributed by atoms with Crippen LogP contribution in [-0.2, 0) is 28.1 Å². The first-order valence-corrected chi connectivity index (χ1v) is 13.8. The van der Waals surface area contributed by atoms with E-state index in [0.29, 0.717) is 37.7 Å². The number of nitrogens with two attached hydrogens (primary N) is 1. The molecule has 2 aromatic rings. The van der Waals surface area contributed by atoms with Crippen molar-refractivity contribution in [3.63, 3.8) is 0 Å². The SMILES string of the molecule is Cc1c(C2CC(=O)N(S(=O)(=O)N3CCCC3)C2)nn(C(=O)C(C)(C)C)c1NCc1ccc(CN)cc1. The predicted molar refractivity (Wildman–Crippen MR) is 138 cm³/mol. The van der Waals surface area contributed by atoms with Crippen LogP contribution in [0.3, 0.4) is 0 Å². The normalized spacial score (nSPS) is 19.3. The molecule has 0 spiro atoms. The van der Waals surface area contributed by atoms with Crippen molar-refractivity contribution < 1.29 is 18.0 Å². The molecule has 0 aliphatic carbocycles. The highest BCUT2D eigenvalue weighted by molar-refractivity contribution is 7.87. The molecule has 11 heteroatoms. The van der Waals surface area contributed by atoms with Gasteiger partial charge in [0.15, 0.2) is 0 Å². The number of hydrogen-bond acceptors (Lipinski definition) is 7. The number of benzene rings is 1. The Labute approximate surface area is 213 Å². The van der Waals surface area contributed by atoms with E-state index in [2.05, 4.69) is 10.4 Å². The predicted octanol–water partition coefficient (Wildman–Crippen LogP) is 2.61. The Kier molecular flexibility index (Phi) is 7.27. The zero-order chi connectivity index (χ0) is 26.3. The van der Waals surface area contributed by atoms with Crippen LogP contribution in [0.15, 0.2) is 24.3 Å². The number of amides is 1. The lowest BCUT2D eigenvalue weighted by atomic mass is 9.96. The highest BCUT2D eigenvalue weighted by Gasteiger charge is 2.43. The minimum Gasteiger partial charge on any atom is -0.366 e. The van der Waals surface area contributed by atoms with E-state index in [0.717, 1.165) is 33.8 Å². The van der Waals surface area contributed by atoms with E-state index in [1.54, 1.807) is 0 Å². The van der Waals surface area contributed by atoms with Gasteiger partial charge in [0.25, 0.3) is 5.91 Å². The van der Waals surface area contributed by atoms with Crippen molar-refractivity contribution in [3.05, 3.63) is 46.6 Å². The first-order chi connectivity index (χ1) is 16.9. The third-order valence-electron chi connectivity index (χ3n) is 6.85. The molecule has 2 saturated heterocycles. The number of nitrogens with zero attached hydrogens (tertiary/aromatic N) is 4. The smallest absolute Gasteiger partial charge is 0.306 e. The largest absolute Gasteiger partial charge is 0.366 e. The van der Waals surface area contributed by atoms with Gasteiger partial charge in [-0.1, -0.05) is 45.0 Å². The van der Waals surface area contributed by atoms with Gasteiger partial charge < -0.3 is 11.1 Å². The van der Waals surface area contributed by atoms with Gasteiger partial charge >= 0.3 is 10.2 Å². The highest BCUT2D eigenvalue weighted by Crippen LogP contribution is 2.36. The molecule has 4 rings (SSSR count). The molecule has 10 nitrogen and oxygen atoms in total. The Bertz CT molecular complexity index is 1240. The summed E-state index contributed by atoms with van der Waals surface area (Å²) < 4.78 is 29.9. The van der Waals surface area contributed by atoms with Crippen molar-refractivity contribution in [3.8, 4) is 0 Å². The maximum absolute atomic E-state index is 13.3. The summed E-state index contributed by atoms with van der Waals surface area (Å²) in [5, 5.41) is 8.00. The fourth-order valence-corrected chi connectivity index (χ4v) is 6.39. The zero-order valence-electron chi connectivity index (χ0n) is 21.5. The Morgan fingerprint density at radius 1 is 1.14 bits per heavy atom. The minimum absolute atomic E-state index is 0.0270. The van der Waals surface area contributed by atoms with Crippen molar-refractivity contribution in [1.29, 1.82) is 0 Å². The molecule has 1 atom stereocenters. The minimum atomic E-state index is -3.85. The maximum atomic E-state index is 13.3. The van der Waals surface area contributed by atoms with Crippen molar-refractivity contribution in [2.75, 3.05) is 25.0 Å². The molecular formula is C25H36N6O4S. The van der Waals surface area contributed by atoms with Crippen molar-refractivity contribution in [2.24, 2.45) is 11.1 Å². The molecule has 36 heavy (non-hydrogen) atoms. The van der Waals surface area contributed by atoms with E-state index < -0.39 is 27.4 Å². The number of aromatic nitrogens is 2. The molecule has 1 unspecified atom stereocenters. The first kappa shape index (κ1) is 26.3. The van der Waals surface area contributed by atoms with Crippen molar-refractivity contribution in [1.82, 2.24) is 18.4 Å². The Morgan fingerprint density at radius 2 is 1.75 bits per heavy atom. The van der Waals surface area contributed by atoms with E-state index in [1.807, 2.05) is 52.0 Å². The number of anilines is 1. The lowest BCUT2D eigenvalue weighted by Gasteiger charge is -2.23. The van der Waals surface area contributed by atoms with E-state index in [9.17, 15) is 18.0 Å². The van der Waals surface area contributed by atoms with Gasteiger partial charge in [0, 0.05) is 56.0 Å². The fraction of sp³-hybridized carbons (Fsp3) is 0.560. The summed E-state index contributed by atoms with van der Waals surface area (Å²) in [4.78, 5) is 26.1. The lowest BCUT2D eigenvalue weighted by molar-refractivity contribution is -0.123. The number of rotatable bonds is 7. The highest BCUT2D eigenvalue weighted by atomic mass is 32.2. The van der Waals surface area contributed by atoms with Crippen LogP contribution in [0.1, 0.15) is 73.1 Å². The van der Waals surface area contributed by atoms with Gasteiger partial charge in [-0.3, -0.25) is 9.59 Å². The summed E-state index contributed by atoms with van der Waals surface area (Å²) >= 11 is 0. The molecule has 196 valence electrons. The Balaban J connectivity index is 1.63. The van der Waals surface area contributed by atoms with Crippen LogP contribution in [0.2, 0.25) is 0 Å². The third-order valence-corrected chi connectivity index (χ3v) is 8.78. The maximum Gasteiger partial charge on any atom is 0.306 e. The molecule has 3 N–H and O–H groups in total. The lowest BCUT2D eigenvalue weighted by Crippen LogP contribution is -2.43. The molecule has 2 aliphatic rings. The fourth-order valence-electron chi connectivity index (χ4n) is 4.70. The van der Waals surface area contributed by atoms with Crippen LogP contribution in [0.5, 0.6) is 0 Å². The summed E-state index contributed by atoms with van der Waals surface area (Å²) in [6.45, 7) is 9.16. The monoisotopic (exact) mass is 516 g/mol. The topological polar surface area (TPSA) is 131 Å². The Morgan fingerprint density at radius 3 is 2.33 bits per heavy atom. The first-order valence-electron chi connectivity index (χ1n) is 12.4. The summed E-state index contributed by atoms with van der Waals surface area (Å²) in [5.74, 6) is -0.490. The number of nitrogens with one attached hydrogen (secondary N) is 1. The third kappa shape index (κ3) is 5.05. The average Bonchev–Trinajstić information content (AvgIpc) is 3.57.